The van der Waals surface area contributed by atoms with Crippen molar-refractivity contribution in [2.75, 3.05) is 6.54 Å². The van der Waals surface area contributed by atoms with Crippen molar-refractivity contribution in [1.82, 2.24) is 10.3 Å². The van der Waals surface area contributed by atoms with E-state index in [4.69, 9.17) is 0 Å². The van der Waals surface area contributed by atoms with Gasteiger partial charge in [0, 0.05) is 15.9 Å². The fourth-order valence-electron chi connectivity index (χ4n) is 1.48. The molecule has 4 heteroatoms. The van der Waals surface area contributed by atoms with E-state index in [1.54, 1.807) is 0 Å². The third-order valence-corrected chi connectivity index (χ3v) is 4.12. The molecule has 0 aliphatic carbocycles. The Morgan fingerprint density at radius 2 is 2.43 bits per heavy atom. The highest BCUT2D eigenvalue weighted by Gasteiger charge is 2.20. The molecule has 0 saturated carbocycles. The molecule has 1 saturated heterocycles. The van der Waals surface area contributed by atoms with E-state index in [2.05, 4.69) is 39.2 Å². The summed E-state index contributed by atoms with van der Waals surface area (Å²) in [5.41, 5.74) is 1.13. The number of rotatable bonds is 1. The SMILES string of the molecule is CC1CCNC(c2ccc(Br)cn2)S1. The zero-order valence-electron chi connectivity index (χ0n) is 8.03. The van der Waals surface area contributed by atoms with Gasteiger partial charge >= 0.3 is 0 Å². The van der Waals surface area contributed by atoms with Crippen molar-refractivity contribution in [3.8, 4) is 0 Å². The van der Waals surface area contributed by atoms with Gasteiger partial charge in [-0.1, -0.05) is 6.92 Å². The normalized spacial score (nSPS) is 27.6. The zero-order valence-corrected chi connectivity index (χ0v) is 10.4. The van der Waals surface area contributed by atoms with Gasteiger partial charge in [-0.15, -0.1) is 11.8 Å². The predicted molar refractivity (Wildman–Crippen MR) is 64.4 cm³/mol. The van der Waals surface area contributed by atoms with Crippen LogP contribution in [0.4, 0.5) is 0 Å². The minimum Gasteiger partial charge on any atom is -0.300 e. The fourth-order valence-corrected chi connectivity index (χ4v) is 2.93. The molecule has 2 nitrogen and oxygen atoms in total. The van der Waals surface area contributed by atoms with E-state index in [1.807, 2.05) is 24.0 Å². The van der Waals surface area contributed by atoms with Crippen LogP contribution in [-0.2, 0) is 0 Å². The molecule has 1 aliphatic heterocycles. The number of aromatic nitrogens is 1. The fraction of sp³-hybridized carbons (Fsp3) is 0.500. The molecule has 2 heterocycles. The minimum atomic E-state index is 0.367. The van der Waals surface area contributed by atoms with Crippen molar-refractivity contribution in [3.05, 3.63) is 28.5 Å². The van der Waals surface area contributed by atoms with Gasteiger partial charge in [0.25, 0.3) is 0 Å². The van der Waals surface area contributed by atoms with Gasteiger partial charge in [0.2, 0.25) is 0 Å². The van der Waals surface area contributed by atoms with Crippen LogP contribution in [0.2, 0.25) is 0 Å². The summed E-state index contributed by atoms with van der Waals surface area (Å²) in [6, 6.07) is 4.12. The second-order valence-corrected chi connectivity index (χ2v) is 5.93. The molecule has 1 aliphatic rings. The first-order valence-corrected chi connectivity index (χ1v) is 6.49. The van der Waals surface area contributed by atoms with E-state index < -0.39 is 0 Å². The molecular weight excluding hydrogens is 260 g/mol. The lowest BCUT2D eigenvalue weighted by Crippen LogP contribution is -2.29. The smallest absolute Gasteiger partial charge is 0.0964 e. The Morgan fingerprint density at radius 3 is 3.07 bits per heavy atom. The number of hydrogen-bond donors (Lipinski definition) is 1. The maximum Gasteiger partial charge on any atom is 0.0964 e. The Kier molecular flexibility index (Phi) is 3.47. The quantitative estimate of drug-likeness (QED) is 0.851. The molecular formula is C10H13BrN2S. The monoisotopic (exact) mass is 272 g/mol. The lowest BCUT2D eigenvalue weighted by molar-refractivity contribution is 0.597. The van der Waals surface area contributed by atoms with E-state index in [0.717, 1.165) is 22.0 Å². The Balaban J connectivity index is 2.10. The number of nitrogens with one attached hydrogen (secondary N) is 1. The van der Waals surface area contributed by atoms with Crippen molar-refractivity contribution in [2.45, 2.75) is 24.0 Å². The molecule has 1 N–H and O–H groups in total. The van der Waals surface area contributed by atoms with Crippen LogP contribution in [0.25, 0.3) is 0 Å². The van der Waals surface area contributed by atoms with Crippen LogP contribution in [0.15, 0.2) is 22.8 Å². The van der Waals surface area contributed by atoms with Crippen molar-refractivity contribution in [2.24, 2.45) is 0 Å². The maximum absolute atomic E-state index is 4.41. The highest BCUT2D eigenvalue weighted by molar-refractivity contribution is 9.10. The first kappa shape index (κ1) is 10.5. The van der Waals surface area contributed by atoms with Gasteiger partial charge in [0.05, 0.1) is 11.1 Å². The number of halogens is 1. The summed E-state index contributed by atoms with van der Waals surface area (Å²) >= 11 is 5.35. The molecule has 2 rings (SSSR count). The molecule has 1 aromatic rings. The Hall–Kier alpha value is -0.0600. The highest BCUT2D eigenvalue weighted by atomic mass is 79.9. The topological polar surface area (TPSA) is 24.9 Å². The van der Waals surface area contributed by atoms with Crippen molar-refractivity contribution >= 4 is 27.7 Å². The summed E-state index contributed by atoms with van der Waals surface area (Å²) in [7, 11) is 0. The molecule has 0 amide bonds. The summed E-state index contributed by atoms with van der Waals surface area (Å²) in [6.07, 6.45) is 3.11. The summed E-state index contributed by atoms with van der Waals surface area (Å²) in [5, 5.41) is 4.57. The van der Waals surface area contributed by atoms with Crippen LogP contribution in [0.1, 0.15) is 24.4 Å². The first-order chi connectivity index (χ1) is 6.75. The summed E-state index contributed by atoms with van der Waals surface area (Å²) < 4.78 is 1.04. The van der Waals surface area contributed by atoms with Gasteiger partial charge in [-0.25, -0.2) is 0 Å². The van der Waals surface area contributed by atoms with Crippen LogP contribution in [-0.4, -0.2) is 16.8 Å². The molecule has 0 spiro atoms. The molecule has 0 aromatic carbocycles. The largest absolute Gasteiger partial charge is 0.300 e. The number of thioether (sulfide) groups is 1. The van der Waals surface area contributed by atoms with Gasteiger partial charge in [0.1, 0.15) is 0 Å². The molecule has 0 radical (unpaired) electrons. The Bertz CT molecular complexity index is 301. The van der Waals surface area contributed by atoms with Gasteiger partial charge < -0.3 is 5.32 Å². The summed E-state index contributed by atoms with van der Waals surface area (Å²) in [5.74, 6) is 0. The highest BCUT2D eigenvalue weighted by Crippen LogP contribution is 2.33. The Labute approximate surface area is 97.0 Å². The molecule has 76 valence electrons. The molecule has 2 atom stereocenters. The summed E-state index contributed by atoms with van der Waals surface area (Å²) in [4.78, 5) is 4.41. The van der Waals surface area contributed by atoms with Crippen LogP contribution < -0.4 is 5.32 Å². The van der Waals surface area contributed by atoms with Gasteiger partial charge in [-0.3, -0.25) is 4.98 Å². The molecule has 2 unspecified atom stereocenters. The van der Waals surface area contributed by atoms with E-state index in [0.29, 0.717) is 5.37 Å². The lowest BCUT2D eigenvalue weighted by Gasteiger charge is -2.27. The van der Waals surface area contributed by atoms with E-state index in [1.165, 1.54) is 6.42 Å². The average molecular weight is 273 g/mol. The van der Waals surface area contributed by atoms with Crippen LogP contribution >= 0.6 is 27.7 Å². The van der Waals surface area contributed by atoms with E-state index >= 15 is 0 Å². The minimum absolute atomic E-state index is 0.367. The van der Waals surface area contributed by atoms with E-state index in [9.17, 15) is 0 Å². The van der Waals surface area contributed by atoms with Gasteiger partial charge in [0.15, 0.2) is 0 Å². The number of nitrogens with zero attached hydrogens (tertiary/aromatic N) is 1. The average Bonchev–Trinajstić information content (AvgIpc) is 2.19. The van der Waals surface area contributed by atoms with Crippen molar-refractivity contribution in [3.63, 3.8) is 0 Å². The standard InChI is InChI=1S/C10H13BrN2S/c1-7-4-5-12-10(14-7)9-3-2-8(11)6-13-9/h2-3,6-7,10,12H,4-5H2,1H3. The second-order valence-electron chi connectivity index (χ2n) is 3.47. The molecule has 0 bridgehead atoms. The van der Waals surface area contributed by atoms with Crippen molar-refractivity contribution < 1.29 is 0 Å². The van der Waals surface area contributed by atoms with Crippen LogP contribution in [0.5, 0.6) is 0 Å². The van der Waals surface area contributed by atoms with E-state index in [-0.39, 0.29) is 0 Å². The zero-order chi connectivity index (χ0) is 9.97. The van der Waals surface area contributed by atoms with Crippen LogP contribution in [0, 0.1) is 0 Å². The second kappa shape index (κ2) is 4.64. The molecule has 1 aromatic heterocycles. The third kappa shape index (κ3) is 2.49. The van der Waals surface area contributed by atoms with Crippen LogP contribution in [0.3, 0.4) is 0 Å². The van der Waals surface area contributed by atoms with Crippen molar-refractivity contribution in [1.29, 1.82) is 0 Å². The van der Waals surface area contributed by atoms with Gasteiger partial charge in [-0.05, 0) is 41.0 Å². The molecule has 14 heavy (non-hydrogen) atoms. The third-order valence-electron chi connectivity index (χ3n) is 2.27. The summed E-state index contributed by atoms with van der Waals surface area (Å²) in [6.45, 7) is 3.37. The molecule has 1 fully saturated rings. The lowest BCUT2D eigenvalue weighted by atomic mass is 10.3. The maximum atomic E-state index is 4.41. The Morgan fingerprint density at radius 1 is 1.57 bits per heavy atom. The predicted octanol–water partition coefficient (Wildman–Crippen LogP) is 2.96. The van der Waals surface area contributed by atoms with Gasteiger partial charge in [-0.2, -0.15) is 0 Å². The number of pyridine rings is 1. The number of hydrogen-bond acceptors (Lipinski definition) is 3. The first-order valence-electron chi connectivity index (χ1n) is 4.76.